The van der Waals surface area contributed by atoms with Gasteiger partial charge in [-0.05, 0) is 25.7 Å². The van der Waals surface area contributed by atoms with Gasteiger partial charge in [0.25, 0.3) is 0 Å². The Kier molecular flexibility index (Phi) is 5.72. The second-order valence-corrected chi connectivity index (χ2v) is 3.93. The average Bonchev–Trinajstić information content (AvgIpc) is 1.82. The summed E-state index contributed by atoms with van der Waals surface area (Å²) in [6.07, 6.45) is 1.97. The van der Waals surface area contributed by atoms with Gasteiger partial charge in [-0.2, -0.15) is 0 Å². The molecule has 0 aliphatic rings. The maximum Gasteiger partial charge on any atom is 0.0183 e. The van der Waals surface area contributed by atoms with Gasteiger partial charge in [0.15, 0.2) is 0 Å². The minimum absolute atomic E-state index is 0.0655. The topological polar surface area (TPSA) is 52.2 Å². The Bertz CT molecular complexity index is 128. The Hall–Kier alpha value is 0.0700. The van der Waals surface area contributed by atoms with Crippen LogP contribution in [0.3, 0.4) is 0 Å². The molecule has 0 amide bonds. The van der Waals surface area contributed by atoms with Gasteiger partial charge in [0.2, 0.25) is 0 Å². The summed E-state index contributed by atoms with van der Waals surface area (Å²) in [6.45, 7) is 6.12. The first-order chi connectivity index (χ1) is 5.02. The van der Waals surface area contributed by atoms with Crippen LogP contribution in [-0.4, -0.2) is 14.8 Å². The number of rotatable bonds is 5. The fourth-order valence-corrected chi connectivity index (χ4v) is 1.25. The van der Waals surface area contributed by atoms with Crippen molar-refractivity contribution < 1.29 is 8.76 Å². The van der Waals surface area contributed by atoms with Gasteiger partial charge in [-0.3, -0.25) is 4.21 Å². The third-order valence-electron chi connectivity index (χ3n) is 1.47. The Labute approximate surface area is 71.0 Å². The predicted octanol–water partition coefficient (Wildman–Crippen LogP) is 1.19. The second-order valence-electron chi connectivity index (χ2n) is 3.22. The smallest absolute Gasteiger partial charge is 0.0183 e. The molecule has 0 aliphatic carbocycles. The largest absolute Gasteiger partial charge is 0.760 e. The number of nitrogens with one attached hydrogen (secondary N) is 1. The van der Waals surface area contributed by atoms with Crippen LogP contribution < -0.4 is 4.72 Å². The lowest BCUT2D eigenvalue weighted by atomic mass is 10.1. The molecule has 0 rings (SSSR count). The van der Waals surface area contributed by atoms with E-state index in [2.05, 4.69) is 18.6 Å². The first kappa shape index (κ1) is 11.1. The van der Waals surface area contributed by atoms with Crippen LogP contribution in [0.5, 0.6) is 0 Å². The summed E-state index contributed by atoms with van der Waals surface area (Å²) >= 11 is -2.11. The fourth-order valence-electron chi connectivity index (χ4n) is 0.807. The molecule has 0 spiro atoms. The third-order valence-corrected chi connectivity index (χ3v) is 2.07. The van der Waals surface area contributed by atoms with E-state index >= 15 is 0 Å². The molecule has 68 valence electrons. The normalized spacial score (nSPS) is 16.8. The van der Waals surface area contributed by atoms with E-state index in [4.69, 9.17) is 0 Å². The number of hydrogen-bond donors (Lipinski definition) is 1. The van der Waals surface area contributed by atoms with E-state index in [0.717, 1.165) is 12.8 Å². The second kappa shape index (κ2) is 5.69. The van der Waals surface area contributed by atoms with Crippen molar-refractivity contribution in [1.29, 1.82) is 0 Å². The molecule has 1 N–H and O–H groups in total. The van der Waals surface area contributed by atoms with Crippen molar-refractivity contribution in [3.63, 3.8) is 0 Å². The SMILES string of the molecule is CC(C)CCC(C)NS(=O)[O-]. The predicted molar refractivity (Wildman–Crippen MR) is 45.6 cm³/mol. The first-order valence-electron chi connectivity index (χ1n) is 3.87. The Morgan fingerprint density at radius 2 is 1.91 bits per heavy atom. The maximum absolute atomic E-state index is 10.1. The van der Waals surface area contributed by atoms with E-state index in [1.54, 1.807) is 0 Å². The van der Waals surface area contributed by atoms with Crippen molar-refractivity contribution >= 4 is 11.3 Å². The van der Waals surface area contributed by atoms with Crippen LogP contribution in [-0.2, 0) is 11.3 Å². The van der Waals surface area contributed by atoms with Crippen LogP contribution in [0.1, 0.15) is 33.6 Å². The quantitative estimate of drug-likeness (QED) is 0.643. The highest BCUT2D eigenvalue weighted by Crippen LogP contribution is 2.06. The van der Waals surface area contributed by atoms with E-state index < -0.39 is 11.3 Å². The molecule has 0 bridgehead atoms. The van der Waals surface area contributed by atoms with Crippen LogP contribution in [0.4, 0.5) is 0 Å². The van der Waals surface area contributed by atoms with Gasteiger partial charge in [-0.1, -0.05) is 13.8 Å². The third kappa shape index (κ3) is 7.97. The molecule has 0 heterocycles. The van der Waals surface area contributed by atoms with Gasteiger partial charge in [-0.25, -0.2) is 4.72 Å². The average molecular weight is 178 g/mol. The monoisotopic (exact) mass is 178 g/mol. The summed E-state index contributed by atoms with van der Waals surface area (Å²) in [7, 11) is 0. The van der Waals surface area contributed by atoms with E-state index in [0.29, 0.717) is 5.92 Å². The Balaban J connectivity index is 3.37. The van der Waals surface area contributed by atoms with E-state index in [-0.39, 0.29) is 6.04 Å². The molecular weight excluding hydrogens is 162 g/mol. The van der Waals surface area contributed by atoms with Gasteiger partial charge in [-0.15, -0.1) is 0 Å². The standard InChI is InChI=1S/C7H17NO2S/c1-6(2)4-5-7(3)8-11(9)10/h6-8H,4-5H2,1-3H3,(H,9,10)/p-1. The minimum atomic E-state index is -2.11. The first-order valence-corrected chi connectivity index (χ1v) is 4.95. The molecule has 0 saturated carbocycles. The van der Waals surface area contributed by atoms with Crippen LogP contribution in [0.2, 0.25) is 0 Å². The van der Waals surface area contributed by atoms with Crippen molar-refractivity contribution in [1.82, 2.24) is 4.72 Å². The summed E-state index contributed by atoms with van der Waals surface area (Å²) in [6, 6.07) is 0.0655. The molecule has 11 heavy (non-hydrogen) atoms. The zero-order valence-corrected chi connectivity index (χ0v) is 8.11. The molecule has 3 nitrogen and oxygen atoms in total. The summed E-state index contributed by atoms with van der Waals surface area (Å²) in [5.41, 5.74) is 0. The molecule has 0 aromatic rings. The summed E-state index contributed by atoms with van der Waals surface area (Å²) in [4.78, 5) is 0. The molecular formula is C7H16NO2S-. The van der Waals surface area contributed by atoms with Crippen molar-refractivity contribution in [2.24, 2.45) is 5.92 Å². The van der Waals surface area contributed by atoms with Crippen LogP contribution in [0, 0.1) is 5.92 Å². The van der Waals surface area contributed by atoms with E-state index in [1.165, 1.54) is 0 Å². The van der Waals surface area contributed by atoms with Gasteiger partial charge in [0.05, 0.1) is 0 Å². The van der Waals surface area contributed by atoms with Crippen LogP contribution in [0.25, 0.3) is 0 Å². The summed E-state index contributed by atoms with van der Waals surface area (Å²) < 4.78 is 22.7. The van der Waals surface area contributed by atoms with Gasteiger partial charge in [0.1, 0.15) is 0 Å². The van der Waals surface area contributed by atoms with Gasteiger partial charge >= 0.3 is 0 Å². The summed E-state index contributed by atoms with van der Waals surface area (Å²) in [5.74, 6) is 0.638. The van der Waals surface area contributed by atoms with E-state index in [9.17, 15) is 8.76 Å². The summed E-state index contributed by atoms with van der Waals surface area (Å²) in [5, 5.41) is 0. The zero-order valence-electron chi connectivity index (χ0n) is 7.29. The molecule has 2 unspecified atom stereocenters. The van der Waals surface area contributed by atoms with Crippen molar-refractivity contribution in [3.8, 4) is 0 Å². The van der Waals surface area contributed by atoms with E-state index in [1.807, 2.05) is 6.92 Å². The molecule has 2 atom stereocenters. The van der Waals surface area contributed by atoms with Crippen molar-refractivity contribution in [2.75, 3.05) is 0 Å². The van der Waals surface area contributed by atoms with Crippen molar-refractivity contribution in [3.05, 3.63) is 0 Å². The highest BCUT2D eigenvalue weighted by atomic mass is 32.2. The maximum atomic E-state index is 10.1. The highest BCUT2D eigenvalue weighted by Gasteiger charge is 2.01. The van der Waals surface area contributed by atoms with Gasteiger partial charge < -0.3 is 4.55 Å². The highest BCUT2D eigenvalue weighted by molar-refractivity contribution is 7.77. The molecule has 0 saturated heterocycles. The van der Waals surface area contributed by atoms with Crippen molar-refractivity contribution in [2.45, 2.75) is 39.7 Å². The zero-order chi connectivity index (χ0) is 8.85. The molecule has 0 fully saturated rings. The van der Waals surface area contributed by atoms with Crippen LogP contribution >= 0.6 is 0 Å². The lowest BCUT2D eigenvalue weighted by Gasteiger charge is -2.15. The Morgan fingerprint density at radius 3 is 2.27 bits per heavy atom. The molecule has 0 aromatic carbocycles. The molecule has 4 heteroatoms. The Morgan fingerprint density at radius 1 is 1.36 bits per heavy atom. The van der Waals surface area contributed by atoms with Gasteiger partial charge in [0, 0.05) is 17.3 Å². The van der Waals surface area contributed by atoms with Crippen LogP contribution in [0.15, 0.2) is 0 Å². The number of hydrogen-bond acceptors (Lipinski definition) is 2. The molecule has 0 aliphatic heterocycles. The molecule has 0 radical (unpaired) electrons. The minimum Gasteiger partial charge on any atom is -0.760 e. The fraction of sp³-hybridized carbons (Fsp3) is 1.00. The molecule has 0 aromatic heterocycles. The lowest BCUT2D eigenvalue weighted by molar-refractivity contribution is 0.469. The lowest BCUT2D eigenvalue weighted by Crippen LogP contribution is -2.27.